The molecule has 1 heterocycles. The van der Waals surface area contributed by atoms with Gasteiger partial charge in [-0.15, -0.1) is 0 Å². The molecule has 0 radical (unpaired) electrons. The molecule has 1 aliphatic rings. The maximum Gasteiger partial charge on any atom is 0.282 e. The third kappa shape index (κ3) is 3.56. The molecule has 0 spiro atoms. The van der Waals surface area contributed by atoms with E-state index in [9.17, 15) is 14.9 Å². The molecule has 26 heavy (non-hydrogen) atoms. The summed E-state index contributed by atoms with van der Waals surface area (Å²) in [5.41, 5.74) is 3.74. The van der Waals surface area contributed by atoms with Crippen molar-refractivity contribution in [2.24, 2.45) is 5.10 Å². The number of rotatable bonds is 5. The van der Waals surface area contributed by atoms with Gasteiger partial charge in [-0.2, -0.15) is 5.10 Å². The Kier molecular flexibility index (Phi) is 4.70. The molecule has 1 N–H and O–H groups in total. The van der Waals surface area contributed by atoms with Crippen molar-refractivity contribution in [3.63, 3.8) is 0 Å². The molecule has 2 aromatic rings. The smallest absolute Gasteiger partial charge is 0.282 e. The van der Waals surface area contributed by atoms with Crippen molar-refractivity contribution in [1.82, 2.24) is 5.43 Å². The lowest BCUT2D eigenvalue weighted by Gasteiger charge is -2.12. The summed E-state index contributed by atoms with van der Waals surface area (Å²) >= 11 is 0. The Hall–Kier alpha value is -3.62. The normalized spacial score (nSPS) is 12.2. The number of nitro groups is 1. The first-order valence-electron chi connectivity index (χ1n) is 7.64. The fourth-order valence-corrected chi connectivity index (χ4v) is 2.34. The Labute approximate surface area is 149 Å². The molecule has 9 nitrogen and oxygen atoms in total. The molecule has 0 fully saturated rings. The summed E-state index contributed by atoms with van der Waals surface area (Å²) in [6, 6.07) is 9.67. The maximum atomic E-state index is 12.1. The molecule has 2 aromatic carbocycles. The number of carbonyl (C=O) groups is 1. The first-order valence-corrected chi connectivity index (χ1v) is 7.64. The number of nitrogens with one attached hydrogen (secondary N) is 1. The number of benzene rings is 2. The SMILES string of the molecule is CN(C)c1ccc(C(=O)N/N=C/c2cc3c(cc2[N+](=O)[O-])OCO3)cc1. The van der Waals surface area contributed by atoms with Gasteiger partial charge in [-0.25, -0.2) is 5.43 Å². The van der Waals surface area contributed by atoms with Gasteiger partial charge in [0, 0.05) is 25.3 Å². The van der Waals surface area contributed by atoms with Crippen LogP contribution in [-0.2, 0) is 0 Å². The average molecular weight is 356 g/mol. The summed E-state index contributed by atoms with van der Waals surface area (Å²) in [6.45, 7) is 0.00671. The predicted octanol–water partition coefficient (Wildman–Crippen LogP) is 2.15. The summed E-state index contributed by atoms with van der Waals surface area (Å²) < 4.78 is 10.3. The molecule has 0 aromatic heterocycles. The molecule has 0 atom stereocenters. The molecule has 0 saturated carbocycles. The lowest BCUT2D eigenvalue weighted by atomic mass is 10.1. The average Bonchev–Trinajstić information content (AvgIpc) is 3.08. The van der Waals surface area contributed by atoms with Crippen LogP contribution in [0.2, 0.25) is 0 Å². The van der Waals surface area contributed by atoms with Gasteiger partial charge in [-0.1, -0.05) is 0 Å². The van der Waals surface area contributed by atoms with Crippen LogP contribution in [0.15, 0.2) is 41.5 Å². The van der Waals surface area contributed by atoms with Crippen LogP contribution in [0.5, 0.6) is 11.5 Å². The number of anilines is 1. The van der Waals surface area contributed by atoms with Crippen molar-refractivity contribution in [1.29, 1.82) is 0 Å². The lowest BCUT2D eigenvalue weighted by Crippen LogP contribution is -2.18. The minimum absolute atomic E-state index is 0.00671. The fraction of sp³-hybridized carbons (Fsp3) is 0.176. The van der Waals surface area contributed by atoms with Crippen molar-refractivity contribution in [2.75, 3.05) is 25.8 Å². The summed E-state index contributed by atoms with van der Waals surface area (Å²) in [5.74, 6) is 0.275. The number of ether oxygens (including phenoxy) is 2. The highest BCUT2D eigenvalue weighted by Gasteiger charge is 2.22. The second kappa shape index (κ2) is 7.09. The van der Waals surface area contributed by atoms with E-state index in [1.54, 1.807) is 24.3 Å². The number of carbonyl (C=O) groups excluding carboxylic acids is 1. The summed E-state index contributed by atoms with van der Waals surface area (Å²) in [5, 5.41) is 15.0. The van der Waals surface area contributed by atoms with Crippen LogP contribution >= 0.6 is 0 Å². The Balaban J connectivity index is 1.74. The van der Waals surface area contributed by atoms with Crippen LogP contribution in [0.1, 0.15) is 15.9 Å². The quantitative estimate of drug-likeness (QED) is 0.500. The Bertz CT molecular complexity index is 877. The number of nitro benzene ring substituents is 1. The number of nitrogens with zero attached hydrogens (tertiary/aromatic N) is 3. The standard InChI is InChI=1S/C17H16N4O5/c1-20(2)13-5-3-11(4-6-13)17(22)19-18-9-12-7-15-16(26-10-25-15)8-14(12)21(23)24/h3-9H,10H2,1-2H3,(H,19,22)/b18-9+. The summed E-state index contributed by atoms with van der Waals surface area (Å²) in [6.07, 6.45) is 1.20. The Morgan fingerprint density at radius 3 is 2.50 bits per heavy atom. The lowest BCUT2D eigenvalue weighted by molar-refractivity contribution is -0.385. The number of hydrogen-bond acceptors (Lipinski definition) is 7. The van der Waals surface area contributed by atoms with E-state index >= 15 is 0 Å². The monoisotopic (exact) mass is 356 g/mol. The molecule has 134 valence electrons. The maximum absolute atomic E-state index is 12.1. The van der Waals surface area contributed by atoms with Gasteiger partial charge in [0.2, 0.25) is 6.79 Å². The van der Waals surface area contributed by atoms with E-state index in [1.807, 2.05) is 19.0 Å². The summed E-state index contributed by atoms with van der Waals surface area (Å²) in [7, 11) is 3.80. The molecule has 3 rings (SSSR count). The van der Waals surface area contributed by atoms with Crippen LogP contribution in [0.4, 0.5) is 11.4 Å². The Morgan fingerprint density at radius 1 is 1.23 bits per heavy atom. The molecule has 9 heteroatoms. The molecular formula is C17H16N4O5. The van der Waals surface area contributed by atoms with E-state index in [2.05, 4.69) is 10.5 Å². The van der Waals surface area contributed by atoms with Crippen LogP contribution in [-0.4, -0.2) is 37.9 Å². The van der Waals surface area contributed by atoms with Gasteiger partial charge in [0.25, 0.3) is 11.6 Å². The van der Waals surface area contributed by atoms with Crippen molar-refractivity contribution in [3.8, 4) is 11.5 Å². The first-order chi connectivity index (χ1) is 12.5. The zero-order valence-electron chi connectivity index (χ0n) is 14.1. The zero-order valence-corrected chi connectivity index (χ0v) is 14.1. The van der Waals surface area contributed by atoms with E-state index in [0.717, 1.165) is 5.69 Å². The van der Waals surface area contributed by atoms with Crippen molar-refractivity contribution >= 4 is 23.5 Å². The van der Waals surface area contributed by atoms with Crippen LogP contribution in [0.25, 0.3) is 0 Å². The predicted molar refractivity (Wildman–Crippen MR) is 95.0 cm³/mol. The highest BCUT2D eigenvalue weighted by atomic mass is 16.7. The minimum Gasteiger partial charge on any atom is -0.454 e. The van der Waals surface area contributed by atoms with Crippen molar-refractivity contribution in [2.45, 2.75) is 0 Å². The van der Waals surface area contributed by atoms with Gasteiger partial charge in [0.15, 0.2) is 11.5 Å². The van der Waals surface area contributed by atoms with E-state index in [0.29, 0.717) is 17.1 Å². The second-order valence-electron chi connectivity index (χ2n) is 5.66. The molecule has 0 bridgehead atoms. The molecule has 0 saturated heterocycles. The highest BCUT2D eigenvalue weighted by molar-refractivity contribution is 5.95. The van der Waals surface area contributed by atoms with E-state index < -0.39 is 10.8 Å². The molecule has 0 aliphatic carbocycles. The van der Waals surface area contributed by atoms with Crippen LogP contribution in [0, 0.1) is 10.1 Å². The van der Waals surface area contributed by atoms with E-state index in [1.165, 1.54) is 18.3 Å². The molecular weight excluding hydrogens is 340 g/mol. The second-order valence-corrected chi connectivity index (χ2v) is 5.66. The summed E-state index contributed by atoms with van der Waals surface area (Å²) in [4.78, 5) is 24.7. The number of hydrogen-bond donors (Lipinski definition) is 1. The first kappa shape index (κ1) is 17.2. The third-order valence-corrected chi connectivity index (χ3v) is 3.73. The van der Waals surface area contributed by atoms with Gasteiger partial charge in [0.1, 0.15) is 0 Å². The van der Waals surface area contributed by atoms with Crippen molar-refractivity contribution in [3.05, 3.63) is 57.6 Å². The Morgan fingerprint density at radius 2 is 1.88 bits per heavy atom. The third-order valence-electron chi connectivity index (χ3n) is 3.73. The fourth-order valence-electron chi connectivity index (χ4n) is 2.34. The van der Waals surface area contributed by atoms with Gasteiger partial charge < -0.3 is 14.4 Å². The van der Waals surface area contributed by atoms with Crippen molar-refractivity contribution < 1.29 is 19.2 Å². The largest absolute Gasteiger partial charge is 0.454 e. The number of hydrazone groups is 1. The molecule has 0 unspecified atom stereocenters. The van der Waals surface area contributed by atoms with Crippen LogP contribution in [0.3, 0.4) is 0 Å². The zero-order chi connectivity index (χ0) is 18.7. The van der Waals surface area contributed by atoms with Crippen LogP contribution < -0.4 is 19.8 Å². The van der Waals surface area contributed by atoms with E-state index in [-0.39, 0.29) is 18.0 Å². The number of amides is 1. The highest BCUT2D eigenvalue weighted by Crippen LogP contribution is 2.37. The molecule has 1 amide bonds. The van der Waals surface area contributed by atoms with E-state index in [4.69, 9.17) is 9.47 Å². The molecule has 1 aliphatic heterocycles. The topological polar surface area (TPSA) is 106 Å². The van der Waals surface area contributed by atoms with Gasteiger partial charge >= 0.3 is 0 Å². The van der Waals surface area contributed by atoms with Gasteiger partial charge in [-0.3, -0.25) is 14.9 Å². The minimum atomic E-state index is -0.550. The van der Waals surface area contributed by atoms with Gasteiger partial charge in [-0.05, 0) is 30.3 Å². The van der Waals surface area contributed by atoms with Gasteiger partial charge in [0.05, 0.1) is 22.8 Å². The number of fused-ring (bicyclic) bond motifs is 1.